The fourth-order valence-electron chi connectivity index (χ4n) is 2.74. The fourth-order valence-corrected chi connectivity index (χ4v) is 3.39. The van der Waals surface area contributed by atoms with E-state index in [0.29, 0.717) is 12.8 Å². The second kappa shape index (κ2) is 16.8. The monoisotopic (exact) mass is 422 g/mol. The minimum atomic E-state index is -4.73. The average Bonchev–Trinajstić information content (AvgIpc) is 2.63. The van der Waals surface area contributed by atoms with Crippen molar-refractivity contribution < 1.29 is 32.0 Å². The molecule has 0 unspecified atom stereocenters. The van der Waals surface area contributed by atoms with Crippen LogP contribution in [0.5, 0.6) is 0 Å². The molecule has 8 heteroatoms. The largest absolute Gasteiger partial charge is 0.466 e. The van der Waals surface area contributed by atoms with E-state index in [1.807, 2.05) is 0 Å². The SMILES string of the molecule is CCCCCCCCOC(=O)C[C@H](C(=O)OCCCCCCCC)S(=O)(=O)O. The van der Waals surface area contributed by atoms with E-state index in [2.05, 4.69) is 13.8 Å². The first-order chi connectivity index (χ1) is 13.3. The second-order valence-corrected chi connectivity index (χ2v) is 8.73. The van der Waals surface area contributed by atoms with Gasteiger partial charge in [0.15, 0.2) is 5.25 Å². The molecule has 0 fully saturated rings. The quantitative estimate of drug-likeness (QED) is 0.198. The van der Waals surface area contributed by atoms with Crippen molar-refractivity contribution in [3.8, 4) is 0 Å². The van der Waals surface area contributed by atoms with Gasteiger partial charge in [0.25, 0.3) is 10.1 Å². The number of ether oxygens (including phenoxy) is 2. The molecule has 0 spiro atoms. The van der Waals surface area contributed by atoms with Crippen LogP contribution in [0.15, 0.2) is 0 Å². The third kappa shape index (κ3) is 14.9. The van der Waals surface area contributed by atoms with Crippen molar-refractivity contribution in [2.24, 2.45) is 0 Å². The molecule has 0 heterocycles. The zero-order valence-electron chi connectivity index (χ0n) is 17.5. The number of carbonyl (C=O) groups excluding carboxylic acids is 2. The lowest BCUT2D eigenvalue weighted by molar-refractivity contribution is -0.150. The molecule has 0 aliphatic heterocycles. The molecule has 0 radical (unpaired) electrons. The molecule has 0 amide bonds. The highest BCUT2D eigenvalue weighted by Gasteiger charge is 2.35. The van der Waals surface area contributed by atoms with Gasteiger partial charge in [-0.25, -0.2) is 0 Å². The molecule has 0 aliphatic rings. The van der Waals surface area contributed by atoms with Crippen LogP contribution in [-0.2, 0) is 29.2 Å². The number of esters is 2. The maximum atomic E-state index is 12.0. The topological polar surface area (TPSA) is 107 Å². The zero-order valence-corrected chi connectivity index (χ0v) is 18.3. The van der Waals surface area contributed by atoms with Gasteiger partial charge >= 0.3 is 11.9 Å². The van der Waals surface area contributed by atoms with Gasteiger partial charge in [-0.05, 0) is 12.8 Å². The van der Waals surface area contributed by atoms with E-state index in [-0.39, 0.29) is 13.2 Å². The molecular weight excluding hydrogens is 384 g/mol. The Morgan fingerprint density at radius 2 is 1.18 bits per heavy atom. The number of unbranched alkanes of at least 4 members (excludes halogenated alkanes) is 10. The lowest BCUT2D eigenvalue weighted by atomic mass is 10.1. The van der Waals surface area contributed by atoms with Crippen molar-refractivity contribution in [3.05, 3.63) is 0 Å². The molecule has 1 atom stereocenters. The summed E-state index contributed by atoms with van der Waals surface area (Å²) >= 11 is 0. The molecule has 1 N–H and O–H groups in total. The summed E-state index contributed by atoms with van der Waals surface area (Å²) in [4.78, 5) is 23.8. The number of carbonyl (C=O) groups is 2. The van der Waals surface area contributed by atoms with Crippen molar-refractivity contribution in [2.75, 3.05) is 13.2 Å². The van der Waals surface area contributed by atoms with Gasteiger partial charge in [0.1, 0.15) is 0 Å². The molecule has 0 saturated carbocycles. The van der Waals surface area contributed by atoms with Gasteiger partial charge in [0.2, 0.25) is 0 Å². The predicted octanol–water partition coefficient (Wildman–Crippen LogP) is 4.44. The van der Waals surface area contributed by atoms with E-state index in [9.17, 15) is 22.6 Å². The molecule has 0 saturated heterocycles. The first-order valence-electron chi connectivity index (χ1n) is 10.6. The van der Waals surface area contributed by atoms with Crippen LogP contribution in [0.2, 0.25) is 0 Å². The zero-order chi connectivity index (χ0) is 21.3. The summed E-state index contributed by atoms with van der Waals surface area (Å²) in [7, 11) is -4.73. The highest BCUT2D eigenvalue weighted by Crippen LogP contribution is 2.11. The van der Waals surface area contributed by atoms with Gasteiger partial charge < -0.3 is 9.47 Å². The van der Waals surface area contributed by atoms with Gasteiger partial charge in [0, 0.05) is 0 Å². The Morgan fingerprint density at radius 3 is 1.64 bits per heavy atom. The normalized spacial score (nSPS) is 12.5. The molecule has 0 aromatic heterocycles. The predicted molar refractivity (Wildman–Crippen MR) is 109 cm³/mol. The third-order valence-corrected chi connectivity index (χ3v) is 5.56. The van der Waals surface area contributed by atoms with Crippen molar-refractivity contribution >= 4 is 22.1 Å². The average molecular weight is 423 g/mol. The molecule has 0 aromatic rings. The molecular formula is C20H38O7S. The lowest BCUT2D eigenvalue weighted by Gasteiger charge is -2.13. The maximum Gasteiger partial charge on any atom is 0.327 e. The van der Waals surface area contributed by atoms with E-state index in [1.54, 1.807) is 0 Å². The number of rotatable bonds is 18. The highest BCUT2D eigenvalue weighted by atomic mass is 32.2. The summed E-state index contributed by atoms with van der Waals surface area (Å²) in [6.07, 6.45) is 11.3. The Labute approximate surface area is 170 Å². The first-order valence-corrected chi connectivity index (χ1v) is 12.1. The maximum absolute atomic E-state index is 12.0. The Bertz CT molecular complexity index is 517. The fraction of sp³-hybridized carbons (Fsp3) is 0.900. The van der Waals surface area contributed by atoms with E-state index in [4.69, 9.17) is 9.47 Å². The van der Waals surface area contributed by atoms with Crippen LogP contribution in [-0.4, -0.2) is 43.4 Å². The van der Waals surface area contributed by atoms with Gasteiger partial charge in [-0.2, -0.15) is 8.42 Å². The standard InChI is InChI=1S/C20H38O7S/c1-3-5-7-9-11-13-15-26-19(21)17-18(28(23,24)25)20(22)27-16-14-12-10-8-6-4-2/h18H,3-17H2,1-2H3,(H,23,24,25)/t18-/m1/s1. The number of hydrogen-bond donors (Lipinski definition) is 1. The first kappa shape index (κ1) is 26.9. The van der Waals surface area contributed by atoms with Gasteiger partial charge in [-0.1, -0.05) is 78.1 Å². The molecule has 0 aromatic carbocycles. The lowest BCUT2D eigenvalue weighted by Crippen LogP contribution is -2.34. The minimum Gasteiger partial charge on any atom is -0.466 e. The van der Waals surface area contributed by atoms with Crippen molar-refractivity contribution in [1.29, 1.82) is 0 Å². The van der Waals surface area contributed by atoms with Gasteiger partial charge in [0.05, 0.1) is 19.6 Å². The Balaban J connectivity index is 4.15. The van der Waals surface area contributed by atoms with Crippen LogP contribution in [0.1, 0.15) is 97.3 Å². The molecule has 0 bridgehead atoms. The Morgan fingerprint density at radius 1 is 0.750 bits per heavy atom. The Kier molecular flexibility index (Phi) is 16.1. The van der Waals surface area contributed by atoms with Gasteiger partial charge in [-0.15, -0.1) is 0 Å². The summed E-state index contributed by atoms with van der Waals surface area (Å²) < 4.78 is 42.0. The van der Waals surface area contributed by atoms with Crippen molar-refractivity contribution in [1.82, 2.24) is 0 Å². The summed E-state index contributed by atoms with van der Waals surface area (Å²) in [5, 5.41) is -1.93. The molecule has 28 heavy (non-hydrogen) atoms. The molecule has 0 aliphatic carbocycles. The summed E-state index contributed by atoms with van der Waals surface area (Å²) in [6, 6.07) is 0. The molecule has 0 rings (SSSR count). The van der Waals surface area contributed by atoms with E-state index < -0.39 is 33.7 Å². The van der Waals surface area contributed by atoms with E-state index in [1.165, 1.54) is 6.42 Å². The van der Waals surface area contributed by atoms with Crippen LogP contribution >= 0.6 is 0 Å². The summed E-state index contributed by atoms with van der Waals surface area (Å²) in [5.74, 6) is -1.93. The van der Waals surface area contributed by atoms with E-state index >= 15 is 0 Å². The molecule has 166 valence electrons. The smallest absolute Gasteiger partial charge is 0.327 e. The highest BCUT2D eigenvalue weighted by molar-refractivity contribution is 7.87. The van der Waals surface area contributed by atoms with Gasteiger partial charge in [-0.3, -0.25) is 14.1 Å². The summed E-state index contributed by atoms with van der Waals surface area (Å²) in [5.41, 5.74) is 0. The third-order valence-electron chi connectivity index (χ3n) is 4.48. The van der Waals surface area contributed by atoms with Crippen LogP contribution in [0.4, 0.5) is 0 Å². The number of hydrogen-bond acceptors (Lipinski definition) is 6. The van der Waals surface area contributed by atoms with E-state index in [0.717, 1.165) is 57.8 Å². The van der Waals surface area contributed by atoms with Crippen LogP contribution in [0.3, 0.4) is 0 Å². The minimum absolute atomic E-state index is 0.0732. The van der Waals surface area contributed by atoms with Crippen molar-refractivity contribution in [3.63, 3.8) is 0 Å². The molecule has 7 nitrogen and oxygen atoms in total. The Hall–Kier alpha value is -1.15. The van der Waals surface area contributed by atoms with Crippen LogP contribution in [0.25, 0.3) is 0 Å². The van der Waals surface area contributed by atoms with Crippen molar-refractivity contribution in [2.45, 2.75) is 103 Å². The summed E-state index contributed by atoms with van der Waals surface area (Å²) in [6.45, 7) is 4.50. The van der Waals surface area contributed by atoms with Crippen LogP contribution in [0, 0.1) is 0 Å². The second-order valence-electron chi connectivity index (χ2n) is 7.13. The van der Waals surface area contributed by atoms with Crippen LogP contribution < -0.4 is 0 Å².